The first-order valence-electron chi connectivity index (χ1n) is 2.75. The molecule has 54 valence electrons. The van der Waals surface area contributed by atoms with Gasteiger partial charge in [0, 0.05) is 0 Å². The number of hydrogen-bond donors (Lipinski definition) is 1. The van der Waals surface area contributed by atoms with Crippen LogP contribution in [0.5, 0.6) is 0 Å². The van der Waals surface area contributed by atoms with Crippen molar-refractivity contribution in [2.75, 3.05) is 6.54 Å². The van der Waals surface area contributed by atoms with Crippen molar-refractivity contribution in [3.05, 3.63) is 6.33 Å². The van der Waals surface area contributed by atoms with E-state index < -0.39 is 0 Å². The molecule has 0 amide bonds. The van der Waals surface area contributed by atoms with Gasteiger partial charge in [0.1, 0.15) is 12.9 Å². The third-order valence-electron chi connectivity index (χ3n) is 0.957. The van der Waals surface area contributed by atoms with Gasteiger partial charge >= 0.3 is 0 Å². The lowest BCUT2D eigenvalue weighted by Crippen LogP contribution is -2.19. The van der Waals surface area contributed by atoms with Crippen LogP contribution in [0.25, 0.3) is 0 Å². The first kappa shape index (κ1) is 6.81. The number of aromatic nitrogens is 4. The zero-order valence-corrected chi connectivity index (χ0v) is 5.27. The van der Waals surface area contributed by atoms with E-state index in [9.17, 15) is 4.79 Å². The van der Waals surface area contributed by atoms with E-state index >= 15 is 0 Å². The predicted octanol–water partition coefficient (Wildman–Crippen LogP) is -1.80. The number of tetrazole rings is 1. The summed E-state index contributed by atoms with van der Waals surface area (Å²) in [6.45, 7) is 0.184. The van der Waals surface area contributed by atoms with Crippen molar-refractivity contribution in [1.82, 2.24) is 20.2 Å². The molecule has 2 N–H and O–H groups in total. The second-order valence-electron chi connectivity index (χ2n) is 1.75. The summed E-state index contributed by atoms with van der Waals surface area (Å²) < 4.78 is 1.33. The maximum absolute atomic E-state index is 10.6. The average molecular weight is 141 g/mol. The molecule has 0 spiro atoms. The Kier molecular flexibility index (Phi) is 2.06. The van der Waals surface area contributed by atoms with Crippen molar-refractivity contribution < 1.29 is 4.79 Å². The molecule has 0 bridgehead atoms. The van der Waals surface area contributed by atoms with E-state index in [1.54, 1.807) is 0 Å². The van der Waals surface area contributed by atoms with E-state index in [0.29, 0.717) is 0 Å². The smallest absolute Gasteiger partial charge is 0.167 e. The Labute approximate surface area is 57.0 Å². The van der Waals surface area contributed by atoms with Gasteiger partial charge in [-0.3, -0.25) is 4.79 Å². The second kappa shape index (κ2) is 3.02. The van der Waals surface area contributed by atoms with Gasteiger partial charge < -0.3 is 5.73 Å². The van der Waals surface area contributed by atoms with E-state index in [1.165, 1.54) is 11.0 Å². The van der Waals surface area contributed by atoms with Crippen LogP contribution < -0.4 is 5.73 Å². The third-order valence-corrected chi connectivity index (χ3v) is 0.957. The largest absolute Gasteiger partial charge is 0.324 e. The topological polar surface area (TPSA) is 86.7 Å². The van der Waals surface area contributed by atoms with Gasteiger partial charge in [0.25, 0.3) is 0 Å². The van der Waals surface area contributed by atoms with Crippen LogP contribution in [0.1, 0.15) is 0 Å². The molecule has 0 aliphatic carbocycles. The van der Waals surface area contributed by atoms with E-state index in [1.807, 2.05) is 0 Å². The molecule has 0 saturated carbocycles. The quantitative estimate of drug-likeness (QED) is 0.536. The van der Waals surface area contributed by atoms with Gasteiger partial charge in [-0.05, 0) is 10.4 Å². The van der Waals surface area contributed by atoms with Crippen LogP contribution in [0, 0.1) is 0 Å². The van der Waals surface area contributed by atoms with Gasteiger partial charge in [-0.1, -0.05) is 0 Å². The number of ketones is 1. The lowest BCUT2D eigenvalue weighted by atomic mass is 10.4. The van der Waals surface area contributed by atoms with Gasteiger partial charge in [-0.25, -0.2) is 4.68 Å². The van der Waals surface area contributed by atoms with E-state index in [2.05, 4.69) is 15.5 Å². The fourth-order valence-corrected chi connectivity index (χ4v) is 0.498. The summed E-state index contributed by atoms with van der Waals surface area (Å²) in [7, 11) is 0. The molecule has 0 aliphatic heterocycles. The number of nitrogens with zero attached hydrogens (tertiary/aromatic N) is 4. The number of hydrogen-bond acceptors (Lipinski definition) is 5. The summed E-state index contributed by atoms with van der Waals surface area (Å²) in [6.07, 6.45) is 1.37. The molecule has 1 aromatic heterocycles. The summed E-state index contributed by atoms with van der Waals surface area (Å²) in [4.78, 5) is 10.6. The molecule has 0 aromatic carbocycles. The fourth-order valence-electron chi connectivity index (χ4n) is 0.498. The van der Waals surface area contributed by atoms with Gasteiger partial charge in [0.15, 0.2) is 5.78 Å². The van der Waals surface area contributed by atoms with Crippen LogP contribution in [-0.2, 0) is 11.3 Å². The fraction of sp³-hybridized carbons (Fsp3) is 0.500. The number of nitrogens with two attached hydrogens (primary N) is 1. The number of Topliss-reactive ketones (excluding diaryl/α,β-unsaturated/α-hetero) is 1. The van der Waals surface area contributed by atoms with Crippen molar-refractivity contribution in [3.8, 4) is 0 Å². The van der Waals surface area contributed by atoms with Crippen molar-refractivity contribution in [2.45, 2.75) is 6.54 Å². The molecule has 1 aromatic rings. The first-order chi connectivity index (χ1) is 4.83. The van der Waals surface area contributed by atoms with E-state index in [-0.39, 0.29) is 18.9 Å². The molecule has 0 aliphatic rings. The molecule has 0 unspecified atom stereocenters. The standard InChI is InChI=1S/C4H7N5O/c5-1-4(10)2-9-3-6-7-8-9/h3H,1-2,5H2. The summed E-state index contributed by atoms with van der Waals surface area (Å²) >= 11 is 0. The maximum Gasteiger partial charge on any atom is 0.167 e. The van der Waals surface area contributed by atoms with Crippen LogP contribution in [-0.4, -0.2) is 32.5 Å². The Morgan fingerprint density at radius 1 is 1.70 bits per heavy atom. The Morgan fingerprint density at radius 2 is 2.50 bits per heavy atom. The summed E-state index contributed by atoms with van der Waals surface area (Å²) in [6, 6.07) is 0. The van der Waals surface area contributed by atoms with Crippen LogP contribution in [0.2, 0.25) is 0 Å². The minimum absolute atomic E-state index is 0.0276. The Hall–Kier alpha value is -1.30. The highest BCUT2D eigenvalue weighted by atomic mass is 16.1. The molecule has 6 nitrogen and oxygen atoms in total. The molecule has 1 heterocycles. The van der Waals surface area contributed by atoms with Crippen molar-refractivity contribution in [3.63, 3.8) is 0 Å². The first-order valence-corrected chi connectivity index (χ1v) is 2.75. The molecule has 6 heteroatoms. The normalized spacial score (nSPS) is 9.70. The van der Waals surface area contributed by atoms with Crippen LogP contribution in [0.3, 0.4) is 0 Å². The molecule has 1 rings (SSSR count). The molecule has 0 radical (unpaired) electrons. The van der Waals surface area contributed by atoms with Gasteiger partial charge in [-0.15, -0.1) is 5.10 Å². The SMILES string of the molecule is NCC(=O)Cn1cnnn1. The summed E-state index contributed by atoms with van der Waals surface area (Å²) in [5.74, 6) is -0.0905. The molecule has 0 fully saturated rings. The number of carbonyl (C=O) groups is 1. The summed E-state index contributed by atoms with van der Waals surface area (Å²) in [5.41, 5.74) is 5.06. The third kappa shape index (κ3) is 1.59. The minimum Gasteiger partial charge on any atom is -0.324 e. The van der Waals surface area contributed by atoms with Crippen molar-refractivity contribution in [2.24, 2.45) is 5.73 Å². The van der Waals surface area contributed by atoms with E-state index in [4.69, 9.17) is 5.73 Å². The van der Waals surface area contributed by atoms with Crippen LogP contribution >= 0.6 is 0 Å². The number of rotatable bonds is 3. The average Bonchev–Trinajstić information content (AvgIpc) is 2.40. The second-order valence-corrected chi connectivity index (χ2v) is 1.75. The van der Waals surface area contributed by atoms with Crippen molar-refractivity contribution in [1.29, 1.82) is 0 Å². The summed E-state index contributed by atoms with van der Waals surface area (Å²) in [5, 5.41) is 10.2. The lowest BCUT2D eigenvalue weighted by Gasteiger charge is -1.93. The molecule has 0 atom stereocenters. The molecular weight excluding hydrogens is 134 g/mol. The molecule has 10 heavy (non-hydrogen) atoms. The van der Waals surface area contributed by atoms with E-state index in [0.717, 1.165) is 0 Å². The van der Waals surface area contributed by atoms with Gasteiger partial charge in [0.05, 0.1) is 6.54 Å². The Bertz CT molecular complexity index is 205. The minimum atomic E-state index is -0.0905. The Balaban J connectivity index is 2.48. The van der Waals surface area contributed by atoms with Crippen LogP contribution in [0.15, 0.2) is 6.33 Å². The highest BCUT2D eigenvalue weighted by Crippen LogP contribution is 1.77. The van der Waals surface area contributed by atoms with Crippen molar-refractivity contribution >= 4 is 5.78 Å². The predicted molar refractivity (Wildman–Crippen MR) is 31.9 cm³/mol. The lowest BCUT2D eigenvalue weighted by molar-refractivity contribution is -0.118. The molecule has 0 saturated heterocycles. The Morgan fingerprint density at radius 3 is 3.00 bits per heavy atom. The zero-order chi connectivity index (χ0) is 7.40. The highest BCUT2D eigenvalue weighted by Gasteiger charge is 1.99. The van der Waals surface area contributed by atoms with Crippen LogP contribution in [0.4, 0.5) is 0 Å². The molecular formula is C4H7N5O. The maximum atomic E-state index is 10.6. The van der Waals surface area contributed by atoms with Gasteiger partial charge in [0.2, 0.25) is 0 Å². The highest BCUT2D eigenvalue weighted by molar-refractivity contribution is 5.79. The monoisotopic (exact) mass is 141 g/mol. The van der Waals surface area contributed by atoms with Gasteiger partial charge in [-0.2, -0.15) is 0 Å². The number of carbonyl (C=O) groups excluding carboxylic acids is 1. The zero-order valence-electron chi connectivity index (χ0n) is 5.27.